The van der Waals surface area contributed by atoms with Crippen LogP contribution in [0.25, 0.3) is 0 Å². The van der Waals surface area contributed by atoms with Crippen LogP contribution in [0.3, 0.4) is 0 Å². The molecule has 5 nitrogen and oxygen atoms in total. The molecule has 1 N–H and O–H groups in total. The first-order chi connectivity index (χ1) is 8.37. The zero-order valence-corrected chi connectivity index (χ0v) is 12.6. The van der Waals surface area contributed by atoms with Gasteiger partial charge >= 0.3 is 0 Å². The summed E-state index contributed by atoms with van der Waals surface area (Å²) in [6, 6.07) is 0. The number of aliphatic hydroxyl groups excluding tert-OH is 1. The van der Waals surface area contributed by atoms with Gasteiger partial charge in [-0.2, -0.15) is 0 Å². The fraction of sp³-hybridized carbons (Fsp3) is 0.818. The molecule has 0 aromatic carbocycles. The molecule has 1 aromatic rings. The van der Waals surface area contributed by atoms with Crippen LogP contribution < -0.4 is 0 Å². The first-order valence-corrected chi connectivity index (χ1v) is 8.67. The molecule has 1 unspecified atom stereocenters. The predicted molar refractivity (Wildman–Crippen MR) is 72.5 cm³/mol. The van der Waals surface area contributed by atoms with Gasteiger partial charge < -0.3 is 5.11 Å². The highest BCUT2D eigenvalue weighted by molar-refractivity contribution is 7.91. The fourth-order valence-electron chi connectivity index (χ4n) is 1.61. The van der Waals surface area contributed by atoms with Crippen molar-refractivity contribution in [3.05, 3.63) is 10.6 Å². The molecule has 1 atom stereocenters. The molecule has 0 fully saturated rings. The molecule has 0 radical (unpaired) electrons. The smallest absolute Gasteiger partial charge is 0.150 e. The first kappa shape index (κ1) is 15.5. The molecule has 1 rings (SSSR count). The van der Waals surface area contributed by atoms with Crippen LogP contribution in [0.4, 0.5) is 0 Å². The van der Waals surface area contributed by atoms with Crippen molar-refractivity contribution in [2.45, 2.75) is 45.6 Å². The van der Waals surface area contributed by atoms with Gasteiger partial charge in [-0.3, -0.25) is 0 Å². The molecule has 0 aliphatic rings. The van der Waals surface area contributed by atoms with Gasteiger partial charge in [0, 0.05) is 5.75 Å². The summed E-state index contributed by atoms with van der Waals surface area (Å²) < 4.78 is 26.5. The molecule has 104 valence electrons. The van der Waals surface area contributed by atoms with Crippen LogP contribution >= 0.6 is 11.5 Å². The van der Waals surface area contributed by atoms with Crippen molar-refractivity contribution in [1.82, 2.24) is 9.59 Å². The largest absolute Gasteiger partial charge is 0.387 e. The molecule has 0 saturated carbocycles. The molecular weight excluding hydrogens is 272 g/mol. The summed E-state index contributed by atoms with van der Waals surface area (Å²) in [5.41, 5.74) is 0.811. The molecular formula is C11H20N2O3S2. The average Bonchev–Trinajstić information content (AvgIpc) is 2.77. The average molecular weight is 292 g/mol. The first-order valence-electron chi connectivity index (χ1n) is 6.08. The second kappa shape index (κ2) is 6.58. The maximum atomic E-state index is 11.3. The number of rotatable bonds is 7. The van der Waals surface area contributed by atoms with Crippen molar-refractivity contribution in [3.63, 3.8) is 0 Å². The number of nitrogens with zero attached hydrogens (tertiary/aromatic N) is 2. The van der Waals surface area contributed by atoms with E-state index in [0.29, 0.717) is 12.8 Å². The van der Waals surface area contributed by atoms with Crippen LogP contribution in [0.15, 0.2) is 0 Å². The van der Waals surface area contributed by atoms with Crippen molar-refractivity contribution in [2.24, 2.45) is 0 Å². The van der Waals surface area contributed by atoms with E-state index in [-0.39, 0.29) is 17.4 Å². The van der Waals surface area contributed by atoms with E-state index in [1.54, 1.807) is 6.92 Å². The summed E-state index contributed by atoms with van der Waals surface area (Å²) in [7, 11) is -2.95. The van der Waals surface area contributed by atoms with Gasteiger partial charge in [-0.15, -0.1) is 5.10 Å². The Morgan fingerprint density at radius 1 is 1.39 bits per heavy atom. The van der Waals surface area contributed by atoms with Crippen LogP contribution in [0.2, 0.25) is 0 Å². The van der Waals surface area contributed by atoms with E-state index in [2.05, 4.69) is 9.59 Å². The Balaban J connectivity index is 2.56. The molecule has 1 aromatic heterocycles. The lowest BCUT2D eigenvalue weighted by Crippen LogP contribution is -2.10. The standard InChI is InChI=1S/C11H20N2O3S2/c1-4-18(15,16)7-5-6-9(14)11-10(8(2)3)12-13-17-11/h8-9,14H,4-7H2,1-3H3. The van der Waals surface area contributed by atoms with Gasteiger partial charge in [0.25, 0.3) is 0 Å². The van der Waals surface area contributed by atoms with E-state index < -0.39 is 15.9 Å². The van der Waals surface area contributed by atoms with Crippen LogP contribution in [-0.4, -0.2) is 34.6 Å². The molecule has 0 aliphatic heterocycles. The van der Waals surface area contributed by atoms with Gasteiger partial charge in [-0.1, -0.05) is 25.3 Å². The van der Waals surface area contributed by atoms with Gasteiger partial charge in [0.1, 0.15) is 9.84 Å². The highest BCUT2D eigenvalue weighted by Gasteiger charge is 2.19. The summed E-state index contributed by atoms with van der Waals surface area (Å²) in [6.45, 7) is 5.62. The minimum atomic E-state index is -2.95. The molecule has 0 bridgehead atoms. The number of hydrogen-bond donors (Lipinski definition) is 1. The van der Waals surface area contributed by atoms with E-state index in [1.165, 1.54) is 11.5 Å². The Morgan fingerprint density at radius 2 is 2.06 bits per heavy atom. The zero-order valence-electron chi connectivity index (χ0n) is 11.0. The fourth-order valence-corrected chi connectivity index (χ4v) is 3.33. The maximum absolute atomic E-state index is 11.3. The van der Waals surface area contributed by atoms with Crippen molar-refractivity contribution >= 4 is 21.4 Å². The molecule has 7 heteroatoms. The molecule has 0 spiro atoms. The zero-order chi connectivity index (χ0) is 13.8. The molecule has 18 heavy (non-hydrogen) atoms. The third-order valence-electron chi connectivity index (χ3n) is 2.76. The van der Waals surface area contributed by atoms with Crippen LogP contribution in [0.1, 0.15) is 56.2 Å². The van der Waals surface area contributed by atoms with Crippen molar-refractivity contribution in [3.8, 4) is 0 Å². The van der Waals surface area contributed by atoms with Gasteiger partial charge in [0.05, 0.1) is 22.4 Å². The lowest BCUT2D eigenvalue weighted by molar-refractivity contribution is 0.169. The van der Waals surface area contributed by atoms with Crippen LogP contribution in [-0.2, 0) is 9.84 Å². The Kier molecular flexibility index (Phi) is 5.68. The molecule has 0 amide bonds. The maximum Gasteiger partial charge on any atom is 0.150 e. The van der Waals surface area contributed by atoms with Gasteiger partial charge in [-0.05, 0) is 30.3 Å². The number of aromatic nitrogens is 2. The minimum Gasteiger partial charge on any atom is -0.387 e. The number of aliphatic hydroxyl groups is 1. The summed E-state index contributed by atoms with van der Waals surface area (Å²) in [4.78, 5) is 0.763. The molecule has 1 heterocycles. The Hall–Kier alpha value is -0.530. The lowest BCUT2D eigenvalue weighted by atomic mass is 10.1. The Morgan fingerprint density at radius 3 is 2.61 bits per heavy atom. The van der Waals surface area contributed by atoms with Crippen molar-refractivity contribution in [2.75, 3.05) is 11.5 Å². The van der Waals surface area contributed by atoms with Crippen molar-refractivity contribution in [1.29, 1.82) is 0 Å². The topological polar surface area (TPSA) is 80.2 Å². The lowest BCUT2D eigenvalue weighted by Gasteiger charge is -2.11. The summed E-state index contributed by atoms with van der Waals surface area (Å²) >= 11 is 1.19. The van der Waals surface area contributed by atoms with Gasteiger partial charge in [-0.25, -0.2) is 8.42 Å². The highest BCUT2D eigenvalue weighted by atomic mass is 32.2. The van der Waals surface area contributed by atoms with Crippen molar-refractivity contribution < 1.29 is 13.5 Å². The predicted octanol–water partition coefficient (Wildman–Crippen LogP) is 1.91. The van der Waals surface area contributed by atoms with Crippen LogP contribution in [0.5, 0.6) is 0 Å². The summed E-state index contributed by atoms with van der Waals surface area (Å²) in [6.07, 6.45) is 0.241. The third-order valence-corrected chi connectivity index (χ3v) is 5.39. The highest BCUT2D eigenvalue weighted by Crippen LogP contribution is 2.28. The third kappa shape index (κ3) is 4.29. The summed E-state index contributed by atoms with van der Waals surface area (Å²) in [5, 5.41) is 14.0. The normalized spacial score (nSPS) is 14.1. The van der Waals surface area contributed by atoms with Gasteiger partial charge in [0.2, 0.25) is 0 Å². The van der Waals surface area contributed by atoms with E-state index in [9.17, 15) is 13.5 Å². The Bertz CT molecular complexity index is 468. The minimum absolute atomic E-state index is 0.129. The monoisotopic (exact) mass is 292 g/mol. The molecule has 0 saturated heterocycles. The Labute approximate surface area is 112 Å². The van der Waals surface area contributed by atoms with E-state index >= 15 is 0 Å². The SMILES string of the molecule is CCS(=O)(=O)CCCC(O)c1snnc1C(C)C. The number of sulfone groups is 1. The second-order valence-corrected chi connectivity index (χ2v) is 7.83. The van der Waals surface area contributed by atoms with Gasteiger partial charge in [0.15, 0.2) is 0 Å². The van der Waals surface area contributed by atoms with E-state index in [1.807, 2.05) is 13.8 Å². The van der Waals surface area contributed by atoms with Crippen LogP contribution in [0, 0.1) is 0 Å². The van der Waals surface area contributed by atoms with E-state index in [0.717, 1.165) is 10.6 Å². The molecule has 0 aliphatic carbocycles. The number of hydrogen-bond acceptors (Lipinski definition) is 6. The quantitative estimate of drug-likeness (QED) is 0.830. The summed E-state index contributed by atoms with van der Waals surface area (Å²) in [5.74, 6) is 0.500. The second-order valence-electron chi connectivity index (χ2n) is 4.57. The van der Waals surface area contributed by atoms with E-state index in [4.69, 9.17) is 0 Å².